The normalized spacial score (nSPS) is 17.6. The third-order valence-electron chi connectivity index (χ3n) is 4.08. The van der Waals surface area contributed by atoms with Gasteiger partial charge in [-0.25, -0.2) is 0 Å². The van der Waals surface area contributed by atoms with E-state index in [1.165, 1.54) is 6.08 Å². The predicted octanol–water partition coefficient (Wildman–Crippen LogP) is 3.80. The van der Waals surface area contributed by atoms with Crippen LogP contribution in [0.2, 0.25) is 5.02 Å². The number of amides is 1. The summed E-state index contributed by atoms with van der Waals surface area (Å²) in [6.45, 7) is 7.06. The van der Waals surface area contributed by atoms with E-state index in [0.29, 0.717) is 24.8 Å². The number of pyridine rings is 1. The van der Waals surface area contributed by atoms with Crippen LogP contribution in [0.1, 0.15) is 17.3 Å². The first-order valence-corrected chi connectivity index (χ1v) is 8.21. The second-order valence-electron chi connectivity index (χ2n) is 5.76. The van der Waals surface area contributed by atoms with Crippen molar-refractivity contribution in [2.75, 3.05) is 19.8 Å². The van der Waals surface area contributed by atoms with Crippen LogP contribution in [0, 0.1) is 6.92 Å². The van der Waals surface area contributed by atoms with Gasteiger partial charge < -0.3 is 9.64 Å². The fourth-order valence-corrected chi connectivity index (χ4v) is 3.16. The monoisotopic (exact) mass is 342 g/mol. The number of morpholine rings is 1. The number of carbonyl (C=O) groups is 1. The summed E-state index contributed by atoms with van der Waals surface area (Å²) in [5.74, 6) is -0.0986. The van der Waals surface area contributed by atoms with Crippen LogP contribution in [0.15, 0.2) is 49.1 Å². The summed E-state index contributed by atoms with van der Waals surface area (Å²) in [4.78, 5) is 18.5. The molecule has 1 atom stereocenters. The molecule has 0 saturated carbocycles. The number of halogens is 1. The van der Waals surface area contributed by atoms with Gasteiger partial charge in [-0.15, -0.1) is 0 Å². The van der Waals surface area contributed by atoms with Gasteiger partial charge in [0.1, 0.15) is 0 Å². The maximum atomic E-state index is 12.1. The third-order valence-corrected chi connectivity index (χ3v) is 4.29. The van der Waals surface area contributed by atoms with E-state index in [2.05, 4.69) is 11.6 Å². The zero-order chi connectivity index (χ0) is 17.1. The van der Waals surface area contributed by atoms with Gasteiger partial charge in [-0.1, -0.05) is 24.2 Å². The van der Waals surface area contributed by atoms with Gasteiger partial charge in [-0.05, 0) is 48.9 Å². The van der Waals surface area contributed by atoms with Crippen LogP contribution >= 0.6 is 11.6 Å². The van der Waals surface area contributed by atoms with Crippen molar-refractivity contribution in [1.82, 2.24) is 9.88 Å². The topological polar surface area (TPSA) is 42.4 Å². The highest BCUT2D eigenvalue weighted by Crippen LogP contribution is 2.31. The number of benzene rings is 1. The quantitative estimate of drug-likeness (QED) is 0.797. The Hall–Kier alpha value is -2.17. The number of aryl methyl sites for hydroxylation is 1. The molecule has 1 saturated heterocycles. The standard InChI is InChI=1S/C19H19ClN2O2/c1-3-19(23)22-7-8-24-12-18(22)15-9-14(10-16(20)11-15)17-6-4-5-13(2)21-17/h3-6,9-11,18H,1,7-8,12H2,2H3/t18-/m0/s1. The molecule has 0 N–H and O–H groups in total. The van der Waals surface area contributed by atoms with Gasteiger partial charge in [0.15, 0.2) is 0 Å². The number of rotatable bonds is 3. The molecule has 24 heavy (non-hydrogen) atoms. The highest BCUT2D eigenvalue weighted by molar-refractivity contribution is 6.31. The Morgan fingerprint density at radius 3 is 3.00 bits per heavy atom. The molecule has 4 nitrogen and oxygen atoms in total. The fraction of sp³-hybridized carbons (Fsp3) is 0.263. The maximum absolute atomic E-state index is 12.1. The molecule has 0 unspecified atom stereocenters. The highest BCUT2D eigenvalue weighted by Gasteiger charge is 2.27. The molecule has 1 fully saturated rings. The Morgan fingerprint density at radius 1 is 1.42 bits per heavy atom. The summed E-state index contributed by atoms with van der Waals surface area (Å²) in [6.07, 6.45) is 1.34. The van der Waals surface area contributed by atoms with E-state index in [1.807, 2.05) is 43.3 Å². The Balaban J connectivity index is 2.01. The van der Waals surface area contributed by atoms with Gasteiger partial charge >= 0.3 is 0 Å². The Kier molecular flexibility index (Phi) is 4.97. The Morgan fingerprint density at radius 2 is 2.25 bits per heavy atom. The van der Waals surface area contributed by atoms with Gasteiger partial charge in [0, 0.05) is 22.8 Å². The van der Waals surface area contributed by atoms with E-state index in [4.69, 9.17) is 16.3 Å². The molecule has 0 bridgehead atoms. The van der Waals surface area contributed by atoms with E-state index in [9.17, 15) is 4.79 Å². The molecule has 5 heteroatoms. The fourth-order valence-electron chi connectivity index (χ4n) is 2.92. The summed E-state index contributed by atoms with van der Waals surface area (Å²) >= 11 is 6.33. The Labute approximate surface area is 146 Å². The predicted molar refractivity (Wildman–Crippen MR) is 94.9 cm³/mol. The number of carbonyl (C=O) groups excluding carboxylic acids is 1. The van der Waals surface area contributed by atoms with Gasteiger partial charge in [-0.2, -0.15) is 0 Å². The number of hydrogen-bond acceptors (Lipinski definition) is 3. The molecule has 1 aliphatic heterocycles. The number of hydrogen-bond donors (Lipinski definition) is 0. The molecular weight excluding hydrogens is 324 g/mol. The van der Waals surface area contributed by atoms with Crippen LogP contribution < -0.4 is 0 Å². The minimum atomic E-state index is -0.175. The molecule has 1 aromatic heterocycles. The largest absolute Gasteiger partial charge is 0.377 e. The third kappa shape index (κ3) is 3.50. The first kappa shape index (κ1) is 16.7. The molecule has 1 amide bonds. The molecule has 0 aliphatic carbocycles. The number of ether oxygens (including phenoxy) is 1. The van der Waals surface area contributed by atoms with Crippen molar-refractivity contribution in [3.05, 3.63) is 65.3 Å². The lowest BCUT2D eigenvalue weighted by molar-refractivity contribution is -0.134. The molecule has 2 heterocycles. The van der Waals surface area contributed by atoms with Crippen LogP contribution in [0.25, 0.3) is 11.3 Å². The first-order chi connectivity index (χ1) is 11.6. The van der Waals surface area contributed by atoms with Crippen LogP contribution in [0.4, 0.5) is 0 Å². The van der Waals surface area contributed by atoms with Gasteiger partial charge in [0.2, 0.25) is 5.91 Å². The van der Waals surface area contributed by atoms with E-state index in [1.54, 1.807) is 4.90 Å². The summed E-state index contributed by atoms with van der Waals surface area (Å²) < 4.78 is 5.58. The van der Waals surface area contributed by atoms with E-state index < -0.39 is 0 Å². The van der Waals surface area contributed by atoms with Crippen LogP contribution in [-0.4, -0.2) is 35.5 Å². The zero-order valence-corrected chi connectivity index (χ0v) is 14.3. The van der Waals surface area contributed by atoms with E-state index >= 15 is 0 Å². The minimum absolute atomic E-state index is 0.0986. The molecule has 2 aromatic rings. The summed E-state index contributed by atoms with van der Waals surface area (Å²) in [5, 5.41) is 0.613. The second-order valence-corrected chi connectivity index (χ2v) is 6.20. The van der Waals surface area contributed by atoms with Crippen LogP contribution in [-0.2, 0) is 9.53 Å². The minimum Gasteiger partial charge on any atom is -0.377 e. The van der Waals surface area contributed by atoms with Crippen LogP contribution in [0.5, 0.6) is 0 Å². The number of nitrogens with zero attached hydrogens (tertiary/aromatic N) is 2. The van der Waals surface area contributed by atoms with Crippen molar-refractivity contribution >= 4 is 17.5 Å². The molecule has 3 rings (SSSR count). The molecule has 1 aromatic carbocycles. The lowest BCUT2D eigenvalue weighted by Crippen LogP contribution is -2.42. The molecular formula is C19H19ClN2O2. The molecule has 124 valence electrons. The lowest BCUT2D eigenvalue weighted by atomic mass is 10.00. The molecule has 0 radical (unpaired) electrons. The van der Waals surface area contributed by atoms with Crippen molar-refractivity contribution in [2.24, 2.45) is 0 Å². The zero-order valence-electron chi connectivity index (χ0n) is 13.5. The highest BCUT2D eigenvalue weighted by atomic mass is 35.5. The summed E-state index contributed by atoms with van der Waals surface area (Å²) in [5.41, 5.74) is 3.67. The van der Waals surface area contributed by atoms with Crippen molar-refractivity contribution < 1.29 is 9.53 Å². The van der Waals surface area contributed by atoms with Crippen LogP contribution in [0.3, 0.4) is 0 Å². The smallest absolute Gasteiger partial charge is 0.246 e. The lowest BCUT2D eigenvalue weighted by Gasteiger charge is -2.35. The molecule has 0 spiro atoms. The van der Waals surface area contributed by atoms with Crippen molar-refractivity contribution in [2.45, 2.75) is 13.0 Å². The average molecular weight is 343 g/mol. The van der Waals surface area contributed by atoms with Gasteiger partial charge in [0.25, 0.3) is 0 Å². The molecule has 1 aliphatic rings. The maximum Gasteiger partial charge on any atom is 0.246 e. The second kappa shape index (κ2) is 7.16. The SMILES string of the molecule is C=CC(=O)N1CCOC[C@H]1c1cc(Cl)cc(-c2cccc(C)n2)c1. The van der Waals surface area contributed by atoms with E-state index in [-0.39, 0.29) is 11.9 Å². The van der Waals surface area contributed by atoms with Crippen molar-refractivity contribution in [3.63, 3.8) is 0 Å². The summed E-state index contributed by atoms with van der Waals surface area (Å²) in [7, 11) is 0. The van der Waals surface area contributed by atoms with E-state index in [0.717, 1.165) is 22.5 Å². The van der Waals surface area contributed by atoms with Crippen molar-refractivity contribution in [3.8, 4) is 11.3 Å². The Bertz CT molecular complexity index is 776. The van der Waals surface area contributed by atoms with Crippen molar-refractivity contribution in [1.29, 1.82) is 0 Å². The summed E-state index contributed by atoms with van der Waals surface area (Å²) in [6, 6.07) is 11.5. The van der Waals surface area contributed by atoms with Gasteiger partial charge in [-0.3, -0.25) is 9.78 Å². The average Bonchev–Trinajstić information content (AvgIpc) is 2.60. The van der Waals surface area contributed by atoms with Gasteiger partial charge in [0.05, 0.1) is 24.9 Å². The number of aromatic nitrogens is 1. The first-order valence-electron chi connectivity index (χ1n) is 7.84.